The molecule has 1 atom stereocenters. The molecule has 0 spiro atoms. The van der Waals surface area contributed by atoms with Gasteiger partial charge in [-0.2, -0.15) is 0 Å². The summed E-state index contributed by atoms with van der Waals surface area (Å²) < 4.78 is 0. The minimum atomic E-state index is -0.00835. The highest BCUT2D eigenvalue weighted by atomic mass is 35.5. The number of rotatable bonds is 4. The molecule has 2 aromatic rings. The fourth-order valence-corrected chi connectivity index (χ4v) is 2.86. The molecule has 0 bridgehead atoms. The molecule has 2 nitrogen and oxygen atoms in total. The molecular formula is C19H22ClNO. The van der Waals surface area contributed by atoms with Crippen LogP contribution in [0.1, 0.15) is 40.8 Å². The van der Waals surface area contributed by atoms with Gasteiger partial charge in [-0.05, 0) is 67.6 Å². The number of hydrogen-bond donors (Lipinski definition) is 1. The molecule has 3 heteroatoms. The molecule has 0 saturated heterocycles. The van der Waals surface area contributed by atoms with Crippen LogP contribution in [0.2, 0.25) is 5.02 Å². The van der Waals surface area contributed by atoms with Gasteiger partial charge >= 0.3 is 0 Å². The van der Waals surface area contributed by atoms with E-state index in [1.165, 1.54) is 22.3 Å². The fourth-order valence-electron chi connectivity index (χ4n) is 2.65. The van der Waals surface area contributed by atoms with Crippen molar-refractivity contribution in [2.75, 3.05) is 0 Å². The van der Waals surface area contributed by atoms with E-state index < -0.39 is 0 Å². The van der Waals surface area contributed by atoms with Gasteiger partial charge in [-0.3, -0.25) is 4.79 Å². The third kappa shape index (κ3) is 4.11. The summed E-state index contributed by atoms with van der Waals surface area (Å²) >= 11 is 5.95. The predicted molar refractivity (Wildman–Crippen MR) is 92.4 cm³/mol. The number of nitrogens with one attached hydrogen (secondary N) is 1. The van der Waals surface area contributed by atoms with Crippen molar-refractivity contribution in [3.05, 3.63) is 69.2 Å². The normalized spacial score (nSPS) is 12.0. The summed E-state index contributed by atoms with van der Waals surface area (Å²) in [5, 5.41) is 3.73. The number of benzene rings is 2. The summed E-state index contributed by atoms with van der Waals surface area (Å²) in [5.41, 5.74) is 5.82. The van der Waals surface area contributed by atoms with Crippen LogP contribution in [0.15, 0.2) is 36.4 Å². The summed E-state index contributed by atoms with van der Waals surface area (Å²) in [7, 11) is 0. The lowest BCUT2D eigenvalue weighted by Crippen LogP contribution is -2.28. The monoisotopic (exact) mass is 315 g/mol. The Bertz CT molecular complexity index is 694. The van der Waals surface area contributed by atoms with Gasteiger partial charge in [0.1, 0.15) is 0 Å². The molecule has 1 amide bonds. The zero-order chi connectivity index (χ0) is 16.3. The van der Waals surface area contributed by atoms with Crippen LogP contribution in [-0.2, 0) is 11.2 Å². The highest BCUT2D eigenvalue weighted by Gasteiger charge is 2.13. The van der Waals surface area contributed by atoms with Gasteiger partial charge in [0, 0.05) is 5.02 Å². The first-order valence-corrected chi connectivity index (χ1v) is 7.86. The van der Waals surface area contributed by atoms with Crippen molar-refractivity contribution in [1.82, 2.24) is 5.32 Å². The van der Waals surface area contributed by atoms with Crippen LogP contribution in [-0.4, -0.2) is 5.91 Å². The molecule has 1 N–H and O–H groups in total. The quantitative estimate of drug-likeness (QED) is 0.871. The lowest BCUT2D eigenvalue weighted by molar-refractivity contribution is -0.121. The molecule has 116 valence electrons. The van der Waals surface area contributed by atoms with E-state index in [1.54, 1.807) is 0 Å². The van der Waals surface area contributed by atoms with Crippen molar-refractivity contribution in [2.45, 2.75) is 40.2 Å². The van der Waals surface area contributed by atoms with Crippen LogP contribution in [0.5, 0.6) is 0 Å². The average Bonchev–Trinajstić information content (AvgIpc) is 2.42. The summed E-state index contributed by atoms with van der Waals surface area (Å²) in [6.07, 6.45) is 0.342. The smallest absolute Gasteiger partial charge is 0.224 e. The molecule has 2 aromatic carbocycles. The Labute approximate surface area is 137 Å². The lowest BCUT2D eigenvalue weighted by Gasteiger charge is -2.18. The highest BCUT2D eigenvalue weighted by molar-refractivity contribution is 6.30. The van der Waals surface area contributed by atoms with E-state index >= 15 is 0 Å². The van der Waals surface area contributed by atoms with Gasteiger partial charge in [-0.25, -0.2) is 0 Å². The number of amides is 1. The third-order valence-electron chi connectivity index (χ3n) is 3.98. The summed E-state index contributed by atoms with van der Waals surface area (Å²) in [4.78, 5) is 12.2. The lowest BCUT2D eigenvalue weighted by atomic mass is 9.96. The Balaban J connectivity index is 2.07. The maximum atomic E-state index is 12.2. The number of halogens is 1. The molecule has 2 rings (SSSR count). The second-order valence-electron chi connectivity index (χ2n) is 5.89. The van der Waals surface area contributed by atoms with Gasteiger partial charge in [0.15, 0.2) is 0 Å². The van der Waals surface area contributed by atoms with Crippen LogP contribution in [0.4, 0.5) is 0 Å². The van der Waals surface area contributed by atoms with E-state index in [9.17, 15) is 4.79 Å². The van der Waals surface area contributed by atoms with E-state index in [-0.39, 0.29) is 11.9 Å². The van der Waals surface area contributed by atoms with E-state index in [2.05, 4.69) is 38.2 Å². The second-order valence-corrected chi connectivity index (χ2v) is 6.33. The molecule has 0 aliphatic rings. The topological polar surface area (TPSA) is 29.1 Å². The standard InChI is InChI=1S/C19H22ClNO/c1-12-8-14(3)18(9-13(12)2)15(4)21-19(22)11-16-6-5-7-17(20)10-16/h5-10,15H,11H2,1-4H3,(H,21,22). The van der Waals surface area contributed by atoms with Gasteiger partial charge in [0.25, 0.3) is 0 Å². The van der Waals surface area contributed by atoms with E-state index in [4.69, 9.17) is 11.6 Å². The van der Waals surface area contributed by atoms with Crippen LogP contribution >= 0.6 is 11.6 Å². The Morgan fingerprint density at radius 1 is 1.09 bits per heavy atom. The molecule has 22 heavy (non-hydrogen) atoms. The van der Waals surface area contributed by atoms with Crippen molar-refractivity contribution in [3.63, 3.8) is 0 Å². The third-order valence-corrected chi connectivity index (χ3v) is 4.22. The van der Waals surface area contributed by atoms with Gasteiger partial charge in [-0.1, -0.05) is 35.9 Å². The van der Waals surface area contributed by atoms with E-state index in [1.807, 2.05) is 31.2 Å². The maximum absolute atomic E-state index is 12.2. The predicted octanol–water partition coefficient (Wildman–Crippen LogP) is 4.69. The van der Waals surface area contributed by atoms with Gasteiger partial charge in [0.05, 0.1) is 12.5 Å². The fraction of sp³-hybridized carbons (Fsp3) is 0.316. The van der Waals surface area contributed by atoms with Gasteiger partial charge in [-0.15, -0.1) is 0 Å². The number of carbonyl (C=O) groups excluding carboxylic acids is 1. The van der Waals surface area contributed by atoms with Gasteiger partial charge < -0.3 is 5.32 Å². The van der Waals surface area contributed by atoms with Crippen LogP contribution < -0.4 is 5.32 Å². The molecule has 0 aromatic heterocycles. The largest absolute Gasteiger partial charge is 0.349 e. The molecule has 0 fully saturated rings. The molecule has 1 unspecified atom stereocenters. The summed E-state index contributed by atoms with van der Waals surface area (Å²) in [5.74, 6) is 0.00685. The van der Waals surface area contributed by atoms with Crippen molar-refractivity contribution in [1.29, 1.82) is 0 Å². The average molecular weight is 316 g/mol. The molecule has 0 radical (unpaired) electrons. The van der Waals surface area contributed by atoms with Crippen LogP contribution in [0.3, 0.4) is 0 Å². The van der Waals surface area contributed by atoms with Crippen LogP contribution in [0.25, 0.3) is 0 Å². The molecule has 0 aliphatic carbocycles. The molecular weight excluding hydrogens is 294 g/mol. The van der Waals surface area contributed by atoms with E-state index in [0.29, 0.717) is 11.4 Å². The minimum Gasteiger partial charge on any atom is -0.349 e. The van der Waals surface area contributed by atoms with Crippen molar-refractivity contribution in [2.24, 2.45) is 0 Å². The van der Waals surface area contributed by atoms with Crippen molar-refractivity contribution < 1.29 is 4.79 Å². The Hall–Kier alpha value is -1.80. The summed E-state index contributed by atoms with van der Waals surface area (Å²) in [6, 6.07) is 11.7. The SMILES string of the molecule is Cc1cc(C)c(C(C)NC(=O)Cc2cccc(Cl)c2)cc1C. The van der Waals surface area contributed by atoms with Crippen LogP contribution in [0, 0.1) is 20.8 Å². The van der Waals surface area contributed by atoms with Crippen molar-refractivity contribution in [3.8, 4) is 0 Å². The zero-order valence-corrected chi connectivity index (χ0v) is 14.3. The maximum Gasteiger partial charge on any atom is 0.224 e. The second kappa shape index (κ2) is 6.97. The number of aryl methyl sites for hydroxylation is 3. The van der Waals surface area contributed by atoms with E-state index in [0.717, 1.165) is 5.56 Å². The number of carbonyl (C=O) groups is 1. The molecule has 0 heterocycles. The summed E-state index contributed by atoms with van der Waals surface area (Å²) in [6.45, 7) is 8.31. The first-order chi connectivity index (χ1) is 10.4. The minimum absolute atomic E-state index is 0.00685. The highest BCUT2D eigenvalue weighted by Crippen LogP contribution is 2.21. The van der Waals surface area contributed by atoms with Gasteiger partial charge in [0.2, 0.25) is 5.91 Å². The first kappa shape index (κ1) is 16.6. The Morgan fingerprint density at radius 2 is 1.77 bits per heavy atom. The molecule has 0 saturated carbocycles. The Morgan fingerprint density at radius 3 is 2.45 bits per heavy atom. The number of hydrogen-bond acceptors (Lipinski definition) is 1. The Kier molecular flexibility index (Phi) is 5.25. The first-order valence-electron chi connectivity index (χ1n) is 7.48. The zero-order valence-electron chi connectivity index (χ0n) is 13.5. The van der Waals surface area contributed by atoms with Crippen molar-refractivity contribution >= 4 is 17.5 Å². The molecule has 0 aliphatic heterocycles.